The summed E-state index contributed by atoms with van der Waals surface area (Å²) in [4.78, 5) is 0. The second-order valence-electron chi connectivity index (χ2n) is 4.71. The largest absolute Gasteiger partial charge is 0.397 e. The maximum atomic E-state index is 9.75. The molecule has 0 saturated heterocycles. The van der Waals surface area contributed by atoms with Gasteiger partial charge in [0.25, 0.3) is 0 Å². The van der Waals surface area contributed by atoms with E-state index in [9.17, 15) is 5.11 Å². The van der Waals surface area contributed by atoms with E-state index in [1.165, 1.54) is 0 Å². The molecule has 0 radical (unpaired) electrons. The summed E-state index contributed by atoms with van der Waals surface area (Å²) < 4.78 is 0.942. The molecule has 4 heteroatoms. The van der Waals surface area contributed by atoms with Crippen LogP contribution in [0.4, 0.5) is 11.4 Å². The van der Waals surface area contributed by atoms with Gasteiger partial charge in [-0.25, -0.2) is 0 Å². The molecule has 4 N–H and O–H groups in total. The van der Waals surface area contributed by atoms with Crippen LogP contribution >= 0.6 is 15.9 Å². The first-order valence-electron chi connectivity index (χ1n) is 6.05. The number of hydrogen-bond acceptors (Lipinski definition) is 3. The number of nitrogens with two attached hydrogens (primary N) is 1. The summed E-state index contributed by atoms with van der Waals surface area (Å²) in [5.74, 6) is 0. The lowest BCUT2D eigenvalue weighted by Gasteiger charge is -2.31. The van der Waals surface area contributed by atoms with Crippen LogP contribution in [0.25, 0.3) is 0 Å². The minimum absolute atomic E-state index is 0.0248. The van der Waals surface area contributed by atoms with Crippen molar-refractivity contribution in [3.05, 3.63) is 58.6 Å². The fourth-order valence-electron chi connectivity index (χ4n) is 1.94. The van der Waals surface area contributed by atoms with Gasteiger partial charge in [-0.2, -0.15) is 0 Å². The molecule has 0 amide bonds. The number of aliphatic hydroxyl groups is 1. The highest BCUT2D eigenvalue weighted by Gasteiger charge is 2.26. The third-order valence-electron chi connectivity index (χ3n) is 3.15. The van der Waals surface area contributed by atoms with Crippen molar-refractivity contribution >= 4 is 27.3 Å². The fraction of sp³-hybridized carbons (Fsp3) is 0.200. The van der Waals surface area contributed by atoms with Crippen molar-refractivity contribution in [2.45, 2.75) is 12.5 Å². The monoisotopic (exact) mass is 320 g/mol. The molecular formula is C15H17BrN2O. The average molecular weight is 321 g/mol. The molecule has 2 aromatic carbocycles. The standard InChI is InChI=1S/C15H17BrN2O/c1-15(10-19,11-5-3-2-4-6-11)18-14-9-12(16)7-8-13(14)17/h2-9,18-19H,10,17H2,1H3. The van der Waals surface area contributed by atoms with Crippen LogP contribution in [0.1, 0.15) is 12.5 Å². The molecular weight excluding hydrogens is 304 g/mol. The number of rotatable bonds is 4. The predicted molar refractivity (Wildman–Crippen MR) is 83.1 cm³/mol. The Bertz CT molecular complexity index is 559. The molecule has 0 aliphatic heterocycles. The van der Waals surface area contributed by atoms with Gasteiger partial charge in [0.05, 0.1) is 23.5 Å². The number of aliphatic hydroxyl groups excluding tert-OH is 1. The minimum Gasteiger partial charge on any atom is -0.397 e. The Kier molecular flexibility index (Phi) is 4.12. The van der Waals surface area contributed by atoms with Crippen molar-refractivity contribution in [1.29, 1.82) is 0 Å². The van der Waals surface area contributed by atoms with Gasteiger partial charge in [0.15, 0.2) is 0 Å². The van der Waals surface area contributed by atoms with E-state index in [2.05, 4.69) is 21.2 Å². The molecule has 0 aliphatic carbocycles. The van der Waals surface area contributed by atoms with Gasteiger partial charge < -0.3 is 16.2 Å². The predicted octanol–water partition coefficient (Wildman–Crippen LogP) is 3.35. The molecule has 19 heavy (non-hydrogen) atoms. The van der Waals surface area contributed by atoms with Crippen molar-refractivity contribution in [2.24, 2.45) is 0 Å². The lowest BCUT2D eigenvalue weighted by Crippen LogP contribution is -2.36. The first kappa shape index (κ1) is 13.9. The number of nitrogen functional groups attached to an aromatic ring is 1. The van der Waals surface area contributed by atoms with Gasteiger partial charge >= 0.3 is 0 Å². The quantitative estimate of drug-likeness (QED) is 0.757. The van der Waals surface area contributed by atoms with Gasteiger partial charge in [-0.1, -0.05) is 46.3 Å². The molecule has 0 bridgehead atoms. The minimum atomic E-state index is -0.573. The molecule has 1 unspecified atom stereocenters. The Morgan fingerprint density at radius 2 is 1.89 bits per heavy atom. The van der Waals surface area contributed by atoms with Crippen LogP contribution in [0.15, 0.2) is 53.0 Å². The maximum Gasteiger partial charge on any atom is 0.0829 e. The van der Waals surface area contributed by atoms with Crippen molar-refractivity contribution < 1.29 is 5.11 Å². The lowest BCUT2D eigenvalue weighted by atomic mass is 9.92. The molecule has 0 aromatic heterocycles. The molecule has 100 valence electrons. The lowest BCUT2D eigenvalue weighted by molar-refractivity contribution is 0.224. The SMILES string of the molecule is CC(CO)(Nc1cc(Br)ccc1N)c1ccccc1. The smallest absolute Gasteiger partial charge is 0.0829 e. The summed E-state index contributed by atoms with van der Waals surface area (Å²) in [6, 6.07) is 15.5. The summed E-state index contributed by atoms with van der Waals surface area (Å²) >= 11 is 3.42. The van der Waals surface area contributed by atoms with E-state index in [1.807, 2.05) is 55.5 Å². The van der Waals surface area contributed by atoms with Crippen molar-refractivity contribution in [3.63, 3.8) is 0 Å². The zero-order valence-corrected chi connectivity index (χ0v) is 12.3. The zero-order valence-electron chi connectivity index (χ0n) is 10.7. The normalized spacial score (nSPS) is 13.8. The molecule has 0 saturated carbocycles. The second kappa shape index (κ2) is 5.63. The fourth-order valence-corrected chi connectivity index (χ4v) is 2.30. The van der Waals surface area contributed by atoms with Crippen molar-refractivity contribution in [1.82, 2.24) is 0 Å². The molecule has 0 heterocycles. The van der Waals surface area contributed by atoms with Crippen LogP contribution in [0.2, 0.25) is 0 Å². The first-order chi connectivity index (χ1) is 9.05. The van der Waals surface area contributed by atoms with E-state index < -0.39 is 5.54 Å². The van der Waals surface area contributed by atoms with Crippen LogP contribution in [0.5, 0.6) is 0 Å². The van der Waals surface area contributed by atoms with E-state index in [-0.39, 0.29) is 6.61 Å². The maximum absolute atomic E-state index is 9.75. The van der Waals surface area contributed by atoms with Crippen molar-refractivity contribution in [3.8, 4) is 0 Å². The number of hydrogen-bond donors (Lipinski definition) is 3. The topological polar surface area (TPSA) is 58.3 Å². The molecule has 0 aliphatic rings. The van der Waals surface area contributed by atoms with Gasteiger partial charge in [0, 0.05) is 4.47 Å². The molecule has 2 aromatic rings. The van der Waals surface area contributed by atoms with Crippen LogP contribution in [0, 0.1) is 0 Å². The summed E-state index contributed by atoms with van der Waals surface area (Å²) in [6.45, 7) is 1.92. The third-order valence-corrected chi connectivity index (χ3v) is 3.65. The Balaban J connectivity index is 2.36. The number of benzene rings is 2. The Morgan fingerprint density at radius 1 is 1.21 bits per heavy atom. The number of nitrogens with one attached hydrogen (secondary N) is 1. The van der Waals surface area contributed by atoms with E-state index in [0.717, 1.165) is 15.7 Å². The Hall–Kier alpha value is -1.52. The molecule has 2 rings (SSSR count). The Morgan fingerprint density at radius 3 is 2.53 bits per heavy atom. The average Bonchev–Trinajstić information content (AvgIpc) is 2.44. The first-order valence-corrected chi connectivity index (χ1v) is 6.84. The van der Waals surface area contributed by atoms with E-state index >= 15 is 0 Å². The van der Waals surface area contributed by atoms with E-state index in [0.29, 0.717) is 5.69 Å². The van der Waals surface area contributed by atoms with Crippen LogP contribution < -0.4 is 11.1 Å². The zero-order chi connectivity index (χ0) is 13.9. The van der Waals surface area contributed by atoms with Crippen LogP contribution in [-0.2, 0) is 5.54 Å². The van der Waals surface area contributed by atoms with Crippen molar-refractivity contribution in [2.75, 3.05) is 17.7 Å². The number of halogens is 1. The summed E-state index contributed by atoms with van der Waals surface area (Å²) in [6.07, 6.45) is 0. The second-order valence-corrected chi connectivity index (χ2v) is 5.63. The Labute approximate surface area is 121 Å². The molecule has 3 nitrogen and oxygen atoms in total. The third kappa shape index (κ3) is 3.08. The van der Waals surface area contributed by atoms with Gasteiger partial charge in [-0.15, -0.1) is 0 Å². The van der Waals surface area contributed by atoms with Gasteiger partial charge in [0.2, 0.25) is 0 Å². The highest BCUT2D eigenvalue weighted by Crippen LogP contribution is 2.30. The van der Waals surface area contributed by atoms with E-state index in [1.54, 1.807) is 0 Å². The van der Waals surface area contributed by atoms with Gasteiger partial charge in [-0.05, 0) is 30.7 Å². The van der Waals surface area contributed by atoms with Crippen LogP contribution in [-0.4, -0.2) is 11.7 Å². The van der Waals surface area contributed by atoms with Gasteiger partial charge in [-0.3, -0.25) is 0 Å². The molecule has 0 spiro atoms. The highest BCUT2D eigenvalue weighted by molar-refractivity contribution is 9.10. The van der Waals surface area contributed by atoms with Gasteiger partial charge in [0.1, 0.15) is 0 Å². The molecule has 1 atom stereocenters. The highest BCUT2D eigenvalue weighted by atomic mass is 79.9. The summed E-state index contributed by atoms with van der Waals surface area (Å²) in [5, 5.41) is 13.1. The molecule has 0 fully saturated rings. The van der Waals surface area contributed by atoms with E-state index in [4.69, 9.17) is 5.73 Å². The summed E-state index contributed by atoms with van der Waals surface area (Å²) in [5.41, 5.74) is 7.85. The summed E-state index contributed by atoms with van der Waals surface area (Å²) in [7, 11) is 0. The number of anilines is 2. The van der Waals surface area contributed by atoms with Crippen LogP contribution in [0.3, 0.4) is 0 Å².